The van der Waals surface area contributed by atoms with E-state index in [0.717, 1.165) is 0 Å². The van der Waals surface area contributed by atoms with Crippen molar-refractivity contribution in [3.8, 4) is 0 Å². The fourth-order valence-corrected chi connectivity index (χ4v) is 5.93. The minimum atomic E-state index is -3.96. The Morgan fingerprint density at radius 3 is 2.65 bits per heavy atom. The first-order valence-corrected chi connectivity index (χ1v) is 8.69. The van der Waals surface area contributed by atoms with Gasteiger partial charge in [-0.05, 0) is 32.3 Å². The zero-order chi connectivity index (χ0) is 16.9. The van der Waals surface area contributed by atoms with Gasteiger partial charge in [-0.3, -0.25) is 14.9 Å². The second kappa shape index (κ2) is 5.27. The summed E-state index contributed by atoms with van der Waals surface area (Å²) in [4.78, 5) is 21.6. The quantitative estimate of drug-likeness (QED) is 0.656. The number of aliphatic carboxylic acids is 1. The van der Waals surface area contributed by atoms with Gasteiger partial charge in [0, 0.05) is 23.7 Å². The lowest BCUT2D eigenvalue weighted by molar-refractivity contribution is -0.385. The number of carboxylic acids is 1. The van der Waals surface area contributed by atoms with E-state index in [0.29, 0.717) is 19.3 Å². The van der Waals surface area contributed by atoms with Gasteiger partial charge in [0.25, 0.3) is 5.69 Å². The van der Waals surface area contributed by atoms with E-state index in [2.05, 4.69) is 0 Å². The lowest BCUT2D eigenvalue weighted by Gasteiger charge is -2.23. The second-order valence-corrected chi connectivity index (χ2v) is 7.78. The van der Waals surface area contributed by atoms with E-state index in [1.54, 1.807) is 0 Å². The lowest BCUT2D eigenvalue weighted by atomic mass is 9.89. The maximum atomic E-state index is 13.0. The second-order valence-electron chi connectivity index (χ2n) is 5.97. The molecule has 3 unspecified atom stereocenters. The van der Waals surface area contributed by atoms with Gasteiger partial charge in [-0.15, -0.1) is 0 Å². The summed E-state index contributed by atoms with van der Waals surface area (Å²) < 4.78 is 27.2. The fourth-order valence-electron chi connectivity index (χ4n) is 3.77. The first-order chi connectivity index (χ1) is 10.7. The Hall–Kier alpha value is -2.00. The molecule has 1 aromatic carbocycles. The van der Waals surface area contributed by atoms with Crippen molar-refractivity contribution in [3.05, 3.63) is 33.9 Å². The van der Waals surface area contributed by atoms with Gasteiger partial charge in [-0.1, -0.05) is 6.07 Å². The molecule has 0 saturated carbocycles. The molecule has 3 atom stereocenters. The molecule has 0 radical (unpaired) electrons. The van der Waals surface area contributed by atoms with Crippen molar-refractivity contribution in [2.75, 3.05) is 0 Å². The molecule has 9 heteroatoms. The summed E-state index contributed by atoms with van der Waals surface area (Å²) >= 11 is 0. The van der Waals surface area contributed by atoms with Gasteiger partial charge >= 0.3 is 5.97 Å². The Morgan fingerprint density at radius 2 is 2.09 bits per heavy atom. The van der Waals surface area contributed by atoms with Crippen LogP contribution in [0.2, 0.25) is 0 Å². The van der Waals surface area contributed by atoms with E-state index in [-0.39, 0.29) is 22.2 Å². The predicted octanol–water partition coefficient (Wildman–Crippen LogP) is 1.53. The average Bonchev–Trinajstić information content (AvgIpc) is 3.05. The van der Waals surface area contributed by atoms with Gasteiger partial charge in [0.05, 0.1) is 15.7 Å². The van der Waals surface area contributed by atoms with Crippen LogP contribution in [0.25, 0.3) is 0 Å². The summed E-state index contributed by atoms with van der Waals surface area (Å²) in [6.45, 7) is 1.40. The predicted molar refractivity (Wildman–Crippen MR) is 79.4 cm³/mol. The van der Waals surface area contributed by atoms with Gasteiger partial charge in [0.1, 0.15) is 0 Å². The number of nitro groups is 1. The van der Waals surface area contributed by atoms with Crippen molar-refractivity contribution in [1.29, 1.82) is 0 Å². The molecule has 3 rings (SSSR count). The molecule has 23 heavy (non-hydrogen) atoms. The van der Waals surface area contributed by atoms with Crippen LogP contribution in [0.4, 0.5) is 5.69 Å². The smallest absolute Gasteiger partial charge is 0.308 e. The van der Waals surface area contributed by atoms with Crippen LogP contribution in [0.3, 0.4) is 0 Å². The Bertz CT molecular complexity index is 790. The summed E-state index contributed by atoms with van der Waals surface area (Å²) in [5, 5.41) is 20.3. The van der Waals surface area contributed by atoms with Gasteiger partial charge in [0.15, 0.2) is 0 Å². The number of carboxylic acid groups (broad SMARTS) is 1. The molecule has 0 aliphatic carbocycles. The summed E-state index contributed by atoms with van der Waals surface area (Å²) in [6.07, 6.45) is 1.43. The molecule has 2 heterocycles. The standard InChI is InChI=1S/C14H16N2O6S/c1-8-11(16(19)20)3-2-4-13(8)23(21,22)15-9-5-6-12(15)10(7-9)14(17)18/h2-4,9-10,12H,5-7H2,1H3,(H,17,18). The number of sulfonamides is 1. The molecule has 1 aromatic rings. The van der Waals surface area contributed by atoms with Crippen LogP contribution in [-0.2, 0) is 14.8 Å². The third-order valence-electron chi connectivity index (χ3n) is 4.80. The number of hydrogen-bond donors (Lipinski definition) is 1. The molecule has 2 aliphatic rings. The highest BCUT2D eigenvalue weighted by atomic mass is 32.2. The van der Waals surface area contributed by atoms with E-state index in [1.807, 2.05) is 0 Å². The summed E-state index contributed by atoms with van der Waals surface area (Å²) in [6, 6.07) is 3.02. The molecule has 124 valence electrons. The average molecular weight is 340 g/mol. The molecule has 1 N–H and O–H groups in total. The van der Waals surface area contributed by atoms with Crippen molar-refractivity contribution in [2.45, 2.75) is 43.2 Å². The minimum Gasteiger partial charge on any atom is -0.481 e. The number of carbonyl (C=O) groups is 1. The number of rotatable bonds is 4. The molecular weight excluding hydrogens is 324 g/mol. The highest BCUT2D eigenvalue weighted by molar-refractivity contribution is 7.89. The Kier molecular flexibility index (Phi) is 3.64. The van der Waals surface area contributed by atoms with Crippen LogP contribution >= 0.6 is 0 Å². The van der Waals surface area contributed by atoms with Crippen molar-refractivity contribution in [3.63, 3.8) is 0 Å². The van der Waals surface area contributed by atoms with Crippen molar-refractivity contribution >= 4 is 21.7 Å². The third-order valence-corrected chi connectivity index (χ3v) is 6.92. The van der Waals surface area contributed by atoms with E-state index in [9.17, 15) is 28.4 Å². The SMILES string of the molecule is Cc1c([N+](=O)[O-])cccc1S(=O)(=O)N1C2CCC1C(C(=O)O)C2. The van der Waals surface area contributed by atoms with Gasteiger partial charge < -0.3 is 5.11 Å². The number of nitrogens with zero attached hydrogens (tertiary/aromatic N) is 2. The highest BCUT2D eigenvalue weighted by Crippen LogP contribution is 2.45. The Balaban J connectivity index is 2.06. The monoisotopic (exact) mass is 340 g/mol. The number of fused-ring (bicyclic) bond motifs is 2. The molecular formula is C14H16N2O6S. The van der Waals surface area contributed by atoms with Crippen molar-refractivity contribution in [1.82, 2.24) is 4.31 Å². The van der Waals surface area contributed by atoms with E-state index >= 15 is 0 Å². The van der Waals surface area contributed by atoms with Gasteiger partial charge in [-0.2, -0.15) is 4.31 Å². The largest absolute Gasteiger partial charge is 0.481 e. The van der Waals surface area contributed by atoms with E-state index < -0.39 is 32.9 Å². The van der Waals surface area contributed by atoms with Crippen molar-refractivity contribution < 1.29 is 23.2 Å². The maximum absolute atomic E-state index is 13.0. The molecule has 2 fully saturated rings. The fraction of sp³-hybridized carbons (Fsp3) is 0.500. The van der Waals surface area contributed by atoms with Crippen LogP contribution in [0.5, 0.6) is 0 Å². The normalized spacial score (nSPS) is 27.3. The maximum Gasteiger partial charge on any atom is 0.308 e. The van der Waals surface area contributed by atoms with Crippen LogP contribution < -0.4 is 0 Å². The van der Waals surface area contributed by atoms with Crippen LogP contribution in [0, 0.1) is 23.0 Å². The van der Waals surface area contributed by atoms with E-state index in [4.69, 9.17) is 0 Å². The summed E-state index contributed by atoms with van der Waals surface area (Å²) in [5.74, 6) is -1.70. The molecule has 2 bridgehead atoms. The topological polar surface area (TPSA) is 118 Å². The number of hydrogen-bond acceptors (Lipinski definition) is 5. The lowest BCUT2D eigenvalue weighted by Crippen LogP contribution is -2.38. The first kappa shape index (κ1) is 15.9. The highest BCUT2D eigenvalue weighted by Gasteiger charge is 2.54. The van der Waals surface area contributed by atoms with Gasteiger partial charge in [0.2, 0.25) is 10.0 Å². The zero-order valence-corrected chi connectivity index (χ0v) is 13.2. The number of nitro benzene ring substituents is 1. The molecule has 0 amide bonds. The molecule has 2 saturated heterocycles. The molecule has 0 aromatic heterocycles. The Morgan fingerprint density at radius 1 is 1.39 bits per heavy atom. The molecule has 8 nitrogen and oxygen atoms in total. The first-order valence-electron chi connectivity index (χ1n) is 7.25. The Labute approximate surface area is 132 Å². The third kappa shape index (κ3) is 2.31. The van der Waals surface area contributed by atoms with Crippen LogP contribution in [-0.4, -0.2) is 40.8 Å². The zero-order valence-electron chi connectivity index (χ0n) is 12.4. The van der Waals surface area contributed by atoms with Gasteiger partial charge in [-0.25, -0.2) is 8.42 Å². The summed E-state index contributed by atoms with van der Waals surface area (Å²) in [5.41, 5.74) is -0.178. The van der Waals surface area contributed by atoms with Crippen LogP contribution in [0.1, 0.15) is 24.8 Å². The minimum absolute atomic E-state index is 0.0793. The van der Waals surface area contributed by atoms with E-state index in [1.165, 1.54) is 29.4 Å². The van der Waals surface area contributed by atoms with Crippen LogP contribution in [0.15, 0.2) is 23.1 Å². The summed E-state index contributed by atoms with van der Waals surface area (Å²) in [7, 11) is -3.96. The molecule has 2 aliphatic heterocycles. The number of benzene rings is 1. The van der Waals surface area contributed by atoms with Crippen molar-refractivity contribution in [2.24, 2.45) is 5.92 Å². The molecule has 0 spiro atoms.